The normalized spacial score (nSPS) is 21.0. The molecule has 0 spiro atoms. The highest BCUT2D eigenvalue weighted by Gasteiger charge is 2.53. The van der Waals surface area contributed by atoms with Crippen molar-refractivity contribution in [3.05, 3.63) is 58.3 Å². The Balaban J connectivity index is 1.99. The minimum Gasteiger partial charge on any atom is -0.481 e. The summed E-state index contributed by atoms with van der Waals surface area (Å²) in [5, 5.41) is 11.1. The number of carboxylic acids is 1. The third-order valence-electron chi connectivity index (χ3n) is 4.08. The lowest BCUT2D eigenvalue weighted by Gasteiger charge is -2.25. The molecule has 1 aromatic heterocycles. The van der Waals surface area contributed by atoms with Crippen LogP contribution in [0.5, 0.6) is 0 Å². The molecule has 0 aliphatic carbocycles. The molecule has 1 atom stereocenters. The van der Waals surface area contributed by atoms with Gasteiger partial charge in [-0.15, -0.1) is 11.3 Å². The molecule has 0 bridgehead atoms. The Morgan fingerprint density at radius 1 is 1.17 bits per heavy atom. The van der Waals surface area contributed by atoms with E-state index in [9.17, 15) is 19.5 Å². The Hall–Kier alpha value is -2.47. The summed E-state index contributed by atoms with van der Waals surface area (Å²) in [5.74, 6) is -1.84. The van der Waals surface area contributed by atoms with Crippen molar-refractivity contribution in [1.82, 2.24) is 4.90 Å². The van der Waals surface area contributed by atoms with E-state index in [-0.39, 0.29) is 25.3 Å². The monoisotopic (exact) mass is 329 g/mol. The molecule has 2 heterocycles. The number of carboxylic acid groups (broad SMARTS) is 1. The van der Waals surface area contributed by atoms with Crippen LogP contribution in [0.15, 0.2) is 47.8 Å². The molecule has 1 N–H and O–H groups in total. The summed E-state index contributed by atoms with van der Waals surface area (Å²) in [7, 11) is 0. The summed E-state index contributed by atoms with van der Waals surface area (Å²) in [6.07, 6.45) is -0.490. The van der Waals surface area contributed by atoms with Crippen LogP contribution in [0.2, 0.25) is 0 Å². The van der Waals surface area contributed by atoms with Crippen LogP contribution in [0, 0.1) is 0 Å². The summed E-state index contributed by atoms with van der Waals surface area (Å²) in [5.41, 5.74) is -0.726. The molecule has 5 nitrogen and oxygen atoms in total. The molecule has 2 amide bonds. The summed E-state index contributed by atoms with van der Waals surface area (Å²) < 4.78 is 0. The van der Waals surface area contributed by atoms with Crippen LogP contribution < -0.4 is 0 Å². The van der Waals surface area contributed by atoms with Crippen molar-refractivity contribution in [2.45, 2.75) is 24.8 Å². The van der Waals surface area contributed by atoms with Gasteiger partial charge < -0.3 is 5.11 Å². The average Bonchev–Trinajstić information content (AvgIpc) is 3.11. The van der Waals surface area contributed by atoms with Crippen molar-refractivity contribution >= 4 is 29.1 Å². The summed E-state index contributed by atoms with van der Waals surface area (Å²) in [6.45, 7) is 0.198. The SMILES string of the molecule is O=C(O)C[C@]1(c2ccccc2)CC(=O)N(Cc2cccs2)C1=O. The molecule has 3 rings (SSSR count). The zero-order valence-corrected chi connectivity index (χ0v) is 13.1. The Morgan fingerprint density at radius 3 is 2.52 bits per heavy atom. The molecule has 1 saturated heterocycles. The van der Waals surface area contributed by atoms with E-state index in [0.717, 1.165) is 4.88 Å². The minimum absolute atomic E-state index is 0.104. The zero-order valence-electron chi connectivity index (χ0n) is 12.3. The second-order valence-electron chi connectivity index (χ2n) is 5.56. The van der Waals surface area contributed by atoms with E-state index in [1.165, 1.54) is 16.2 Å². The predicted molar refractivity (Wildman–Crippen MR) is 84.9 cm³/mol. The number of hydrogen-bond acceptors (Lipinski definition) is 4. The van der Waals surface area contributed by atoms with Gasteiger partial charge in [-0.2, -0.15) is 0 Å². The topological polar surface area (TPSA) is 74.7 Å². The molecule has 0 radical (unpaired) electrons. The molecule has 23 heavy (non-hydrogen) atoms. The van der Waals surface area contributed by atoms with Crippen LogP contribution in [0.3, 0.4) is 0 Å². The van der Waals surface area contributed by atoms with Gasteiger partial charge in [-0.05, 0) is 17.0 Å². The van der Waals surface area contributed by atoms with E-state index >= 15 is 0 Å². The van der Waals surface area contributed by atoms with Crippen LogP contribution >= 0.6 is 11.3 Å². The van der Waals surface area contributed by atoms with Gasteiger partial charge in [0.1, 0.15) is 0 Å². The second kappa shape index (κ2) is 5.96. The van der Waals surface area contributed by atoms with E-state index in [1.807, 2.05) is 17.5 Å². The van der Waals surface area contributed by atoms with Crippen LogP contribution in [0.25, 0.3) is 0 Å². The smallest absolute Gasteiger partial charge is 0.304 e. The van der Waals surface area contributed by atoms with Gasteiger partial charge >= 0.3 is 5.97 Å². The first-order valence-corrected chi connectivity index (χ1v) is 8.05. The predicted octanol–water partition coefficient (Wildman–Crippen LogP) is 2.42. The van der Waals surface area contributed by atoms with Crippen molar-refractivity contribution in [3.63, 3.8) is 0 Å². The molecule has 6 heteroatoms. The number of imide groups is 1. The van der Waals surface area contributed by atoms with E-state index in [2.05, 4.69) is 0 Å². The van der Waals surface area contributed by atoms with E-state index in [4.69, 9.17) is 0 Å². The number of likely N-dealkylation sites (tertiary alicyclic amines) is 1. The van der Waals surface area contributed by atoms with Crippen molar-refractivity contribution in [2.24, 2.45) is 0 Å². The number of hydrogen-bond donors (Lipinski definition) is 1. The van der Waals surface area contributed by atoms with Gasteiger partial charge in [-0.3, -0.25) is 19.3 Å². The fraction of sp³-hybridized carbons (Fsp3) is 0.235. The number of aliphatic carboxylic acids is 1. The first kappa shape index (κ1) is 15.4. The van der Waals surface area contributed by atoms with Gasteiger partial charge in [0.25, 0.3) is 0 Å². The number of amides is 2. The van der Waals surface area contributed by atoms with Crippen LogP contribution in [0.1, 0.15) is 23.3 Å². The van der Waals surface area contributed by atoms with Crippen molar-refractivity contribution in [2.75, 3.05) is 0 Å². The minimum atomic E-state index is -1.30. The van der Waals surface area contributed by atoms with E-state index in [0.29, 0.717) is 5.56 Å². The molecule has 0 saturated carbocycles. The van der Waals surface area contributed by atoms with Crippen LogP contribution in [-0.4, -0.2) is 27.8 Å². The highest BCUT2D eigenvalue weighted by atomic mass is 32.1. The number of rotatable bonds is 5. The van der Waals surface area contributed by atoms with Crippen LogP contribution in [0.4, 0.5) is 0 Å². The number of benzene rings is 1. The third kappa shape index (κ3) is 2.77. The lowest BCUT2D eigenvalue weighted by molar-refractivity contribution is -0.145. The molecule has 118 valence electrons. The van der Waals surface area contributed by atoms with Gasteiger partial charge in [0, 0.05) is 11.3 Å². The number of carbonyl (C=O) groups is 3. The quantitative estimate of drug-likeness (QED) is 0.855. The highest BCUT2D eigenvalue weighted by Crippen LogP contribution is 2.40. The second-order valence-corrected chi connectivity index (χ2v) is 6.59. The molecule has 1 aliphatic rings. The van der Waals surface area contributed by atoms with Gasteiger partial charge in [0.15, 0.2) is 0 Å². The van der Waals surface area contributed by atoms with Crippen molar-refractivity contribution < 1.29 is 19.5 Å². The molecular formula is C17H15NO4S. The molecule has 2 aromatic rings. The number of nitrogens with zero attached hydrogens (tertiary/aromatic N) is 1. The average molecular weight is 329 g/mol. The maximum Gasteiger partial charge on any atom is 0.304 e. The van der Waals surface area contributed by atoms with Crippen molar-refractivity contribution in [3.8, 4) is 0 Å². The third-order valence-corrected chi connectivity index (χ3v) is 4.94. The van der Waals surface area contributed by atoms with E-state index < -0.39 is 17.3 Å². The first-order valence-electron chi connectivity index (χ1n) is 7.17. The lowest BCUT2D eigenvalue weighted by atomic mass is 9.76. The Kier molecular flexibility index (Phi) is 4.00. The van der Waals surface area contributed by atoms with Crippen LogP contribution in [-0.2, 0) is 26.3 Å². The maximum atomic E-state index is 12.9. The molecule has 1 aliphatic heterocycles. The Morgan fingerprint density at radius 2 is 1.91 bits per heavy atom. The fourth-order valence-electron chi connectivity index (χ4n) is 3.00. The fourth-order valence-corrected chi connectivity index (χ4v) is 3.69. The zero-order chi connectivity index (χ0) is 16.4. The summed E-state index contributed by atoms with van der Waals surface area (Å²) in [6, 6.07) is 12.4. The highest BCUT2D eigenvalue weighted by molar-refractivity contribution is 7.09. The molecule has 0 unspecified atom stereocenters. The number of thiophene rings is 1. The Labute approximate surface area is 137 Å². The van der Waals surface area contributed by atoms with Gasteiger partial charge in [-0.1, -0.05) is 36.4 Å². The standard InChI is InChI=1S/C17H15NO4S/c19-14-9-17(10-15(20)21,12-5-2-1-3-6-12)16(22)18(14)11-13-7-4-8-23-13/h1-8H,9-11H2,(H,20,21)/t17-/m0/s1. The maximum absolute atomic E-state index is 12.9. The molecule has 1 aromatic carbocycles. The molecule has 1 fully saturated rings. The largest absolute Gasteiger partial charge is 0.481 e. The molecular weight excluding hydrogens is 314 g/mol. The number of carbonyl (C=O) groups excluding carboxylic acids is 2. The van der Waals surface area contributed by atoms with Gasteiger partial charge in [0.2, 0.25) is 11.8 Å². The lowest BCUT2D eigenvalue weighted by Crippen LogP contribution is -2.39. The van der Waals surface area contributed by atoms with Crippen molar-refractivity contribution in [1.29, 1.82) is 0 Å². The van der Waals surface area contributed by atoms with Gasteiger partial charge in [0.05, 0.1) is 18.4 Å². The summed E-state index contributed by atoms with van der Waals surface area (Å²) >= 11 is 1.46. The van der Waals surface area contributed by atoms with Gasteiger partial charge in [-0.25, -0.2) is 0 Å². The Bertz CT molecular complexity index is 741. The van der Waals surface area contributed by atoms with E-state index in [1.54, 1.807) is 30.3 Å². The first-order chi connectivity index (χ1) is 11.0. The summed E-state index contributed by atoms with van der Waals surface area (Å²) in [4.78, 5) is 38.8.